The molecule has 1 amide bonds. The van der Waals surface area contributed by atoms with E-state index in [2.05, 4.69) is 6.58 Å². The second-order valence-electron chi connectivity index (χ2n) is 4.01. The SMILES string of the molecule is C=C(C)CN(CC)C(=O)c1ccc(F)cc1N. The number of halogens is 1. The number of nitrogens with zero attached hydrogens (tertiary/aromatic N) is 1. The Labute approximate surface area is 101 Å². The highest BCUT2D eigenvalue weighted by molar-refractivity contribution is 5.99. The Balaban J connectivity index is 2.97. The maximum absolute atomic E-state index is 12.9. The third-order valence-electron chi connectivity index (χ3n) is 2.37. The number of carbonyl (C=O) groups excluding carboxylic acids is 1. The predicted molar refractivity (Wildman–Crippen MR) is 67.2 cm³/mol. The van der Waals surface area contributed by atoms with E-state index >= 15 is 0 Å². The molecule has 3 nitrogen and oxygen atoms in total. The maximum atomic E-state index is 12.9. The van der Waals surface area contributed by atoms with Gasteiger partial charge in [-0.3, -0.25) is 4.79 Å². The molecule has 0 atom stereocenters. The number of nitrogens with two attached hydrogens (primary N) is 1. The van der Waals surface area contributed by atoms with Gasteiger partial charge in [-0.25, -0.2) is 4.39 Å². The van der Waals surface area contributed by atoms with Crippen LogP contribution in [0.1, 0.15) is 24.2 Å². The second kappa shape index (κ2) is 5.48. The third kappa shape index (κ3) is 3.31. The van der Waals surface area contributed by atoms with Crippen LogP contribution in [0.5, 0.6) is 0 Å². The van der Waals surface area contributed by atoms with Crippen molar-refractivity contribution >= 4 is 11.6 Å². The third-order valence-corrected chi connectivity index (χ3v) is 2.37. The van der Waals surface area contributed by atoms with Gasteiger partial charge in [0, 0.05) is 18.8 Å². The summed E-state index contributed by atoms with van der Waals surface area (Å²) in [6.07, 6.45) is 0. The first-order valence-electron chi connectivity index (χ1n) is 5.44. The van der Waals surface area contributed by atoms with E-state index in [4.69, 9.17) is 5.73 Å². The largest absolute Gasteiger partial charge is 0.398 e. The summed E-state index contributed by atoms with van der Waals surface area (Å²) in [6, 6.07) is 3.80. The van der Waals surface area contributed by atoms with Crippen LogP contribution in [0, 0.1) is 5.82 Å². The van der Waals surface area contributed by atoms with Crippen molar-refractivity contribution in [1.29, 1.82) is 0 Å². The molecule has 2 N–H and O–H groups in total. The normalized spacial score (nSPS) is 10.1. The summed E-state index contributed by atoms with van der Waals surface area (Å²) in [5.74, 6) is -0.644. The fourth-order valence-electron chi connectivity index (χ4n) is 1.55. The van der Waals surface area contributed by atoms with E-state index < -0.39 is 5.82 Å². The number of amides is 1. The number of rotatable bonds is 4. The van der Waals surface area contributed by atoms with Gasteiger partial charge in [-0.15, -0.1) is 0 Å². The summed E-state index contributed by atoms with van der Waals surface area (Å²) in [4.78, 5) is 13.7. The van der Waals surface area contributed by atoms with Crippen molar-refractivity contribution < 1.29 is 9.18 Å². The van der Waals surface area contributed by atoms with Crippen molar-refractivity contribution in [3.05, 3.63) is 41.7 Å². The zero-order valence-electron chi connectivity index (χ0n) is 10.2. The molecule has 92 valence electrons. The Hall–Kier alpha value is -1.84. The highest BCUT2D eigenvalue weighted by atomic mass is 19.1. The fourth-order valence-corrected chi connectivity index (χ4v) is 1.55. The number of hydrogen-bond acceptors (Lipinski definition) is 2. The summed E-state index contributed by atoms with van der Waals surface area (Å²) in [7, 11) is 0. The standard InChI is InChI=1S/C13H17FN2O/c1-4-16(8-9(2)3)13(17)11-6-5-10(14)7-12(11)15/h5-7H,2,4,8,15H2,1,3H3. The van der Waals surface area contributed by atoms with Gasteiger partial charge in [0.2, 0.25) is 0 Å². The average Bonchev–Trinajstić information content (AvgIpc) is 2.24. The van der Waals surface area contributed by atoms with Crippen molar-refractivity contribution in [1.82, 2.24) is 4.90 Å². The van der Waals surface area contributed by atoms with E-state index in [0.29, 0.717) is 18.7 Å². The Morgan fingerprint density at radius 1 is 1.53 bits per heavy atom. The molecule has 1 aromatic carbocycles. The van der Waals surface area contributed by atoms with Crippen LogP contribution in [0.2, 0.25) is 0 Å². The van der Waals surface area contributed by atoms with E-state index in [1.54, 1.807) is 4.90 Å². The van der Waals surface area contributed by atoms with Crippen molar-refractivity contribution in [2.75, 3.05) is 18.8 Å². The van der Waals surface area contributed by atoms with Gasteiger partial charge in [-0.2, -0.15) is 0 Å². The molecule has 0 saturated carbocycles. The van der Waals surface area contributed by atoms with E-state index in [-0.39, 0.29) is 11.6 Å². The smallest absolute Gasteiger partial charge is 0.256 e. The zero-order valence-corrected chi connectivity index (χ0v) is 10.2. The highest BCUT2D eigenvalue weighted by Gasteiger charge is 2.16. The molecule has 0 aromatic heterocycles. The number of nitrogen functional groups attached to an aromatic ring is 1. The Morgan fingerprint density at radius 2 is 2.18 bits per heavy atom. The molecule has 0 aliphatic rings. The van der Waals surface area contributed by atoms with E-state index in [1.807, 2.05) is 13.8 Å². The minimum atomic E-state index is -0.443. The first-order chi connectivity index (χ1) is 7.95. The van der Waals surface area contributed by atoms with Gasteiger partial charge in [0.25, 0.3) is 5.91 Å². The summed E-state index contributed by atoms with van der Waals surface area (Å²) in [5, 5.41) is 0. The topological polar surface area (TPSA) is 46.3 Å². The van der Waals surface area contributed by atoms with Gasteiger partial charge < -0.3 is 10.6 Å². The molecule has 1 aromatic rings. The summed E-state index contributed by atoms with van der Waals surface area (Å²) in [5.41, 5.74) is 7.02. The zero-order chi connectivity index (χ0) is 13.0. The molecule has 17 heavy (non-hydrogen) atoms. The van der Waals surface area contributed by atoms with Crippen molar-refractivity contribution in [3.8, 4) is 0 Å². The summed E-state index contributed by atoms with van der Waals surface area (Å²) >= 11 is 0. The molecular formula is C13H17FN2O. The van der Waals surface area contributed by atoms with Gasteiger partial charge in [0.05, 0.1) is 5.56 Å². The van der Waals surface area contributed by atoms with Crippen molar-refractivity contribution in [2.45, 2.75) is 13.8 Å². The maximum Gasteiger partial charge on any atom is 0.256 e. The molecular weight excluding hydrogens is 219 g/mol. The molecule has 0 bridgehead atoms. The first kappa shape index (κ1) is 13.2. The quantitative estimate of drug-likeness (QED) is 0.644. The van der Waals surface area contributed by atoms with E-state index in [1.165, 1.54) is 12.1 Å². The Kier molecular flexibility index (Phi) is 4.26. The minimum absolute atomic E-state index is 0.162. The van der Waals surface area contributed by atoms with Gasteiger partial charge >= 0.3 is 0 Å². The lowest BCUT2D eigenvalue weighted by Crippen LogP contribution is -2.32. The predicted octanol–water partition coefficient (Wildman–Crippen LogP) is 2.45. The van der Waals surface area contributed by atoms with Gasteiger partial charge in [-0.1, -0.05) is 12.2 Å². The fraction of sp³-hybridized carbons (Fsp3) is 0.308. The number of benzene rings is 1. The molecule has 0 saturated heterocycles. The molecule has 0 radical (unpaired) electrons. The molecule has 0 spiro atoms. The van der Waals surface area contributed by atoms with E-state index in [9.17, 15) is 9.18 Å². The van der Waals surface area contributed by atoms with Crippen LogP contribution in [0.15, 0.2) is 30.4 Å². The molecule has 1 rings (SSSR count). The van der Waals surface area contributed by atoms with Gasteiger partial charge in [0.15, 0.2) is 0 Å². The Bertz CT molecular complexity index is 443. The van der Waals surface area contributed by atoms with Crippen LogP contribution in [-0.4, -0.2) is 23.9 Å². The van der Waals surface area contributed by atoms with Crippen LogP contribution in [-0.2, 0) is 0 Å². The lowest BCUT2D eigenvalue weighted by molar-refractivity contribution is 0.0779. The van der Waals surface area contributed by atoms with Crippen molar-refractivity contribution in [2.24, 2.45) is 0 Å². The number of carbonyl (C=O) groups is 1. The molecule has 0 aliphatic carbocycles. The first-order valence-corrected chi connectivity index (χ1v) is 5.44. The van der Waals surface area contributed by atoms with Crippen LogP contribution >= 0.6 is 0 Å². The molecule has 0 unspecified atom stereocenters. The Morgan fingerprint density at radius 3 is 2.65 bits per heavy atom. The summed E-state index contributed by atoms with van der Waals surface area (Å²) in [6.45, 7) is 8.53. The van der Waals surface area contributed by atoms with Crippen LogP contribution < -0.4 is 5.73 Å². The van der Waals surface area contributed by atoms with Crippen LogP contribution in [0.3, 0.4) is 0 Å². The number of likely N-dealkylation sites (N-methyl/N-ethyl adjacent to an activating group) is 1. The lowest BCUT2D eigenvalue weighted by atomic mass is 10.1. The summed E-state index contributed by atoms with van der Waals surface area (Å²) < 4.78 is 12.9. The van der Waals surface area contributed by atoms with Gasteiger partial charge in [0.1, 0.15) is 5.82 Å². The highest BCUT2D eigenvalue weighted by Crippen LogP contribution is 2.16. The average molecular weight is 236 g/mol. The van der Waals surface area contributed by atoms with Crippen LogP contribution in [0.4, 0.5) is 10.1 Å². The van der Waals surface area contributed by atoms with E-state index in [0.717, 1.165) is 11.6 Å². The molecule has 0 heterocycles. The van der Waals surface area contributed by atoms with Crippen LogP contribution in [0.25, 0.3) is 0 Å². The van der Waals surface area contributed by atoms with Gasteiger partial charge in [-0.05, 0) is 32.0 Å². The molecule has 0 fully saturated rings. The lowest BCUT2D eigenvalue weighted by Gasteiger charge is -2.21. The molecule has 4 heteroatoms. The second-order valence-corrected chi connectivity index (χ2v) is 4.01. The monoisotopic (exact) mass is 236 g/mol. The minimum Gasteiger partial charge on any atom is -0.398 e. The number of anilines is 1. The molecule has 0 aliphatic heterocycles. The number of hydrogen-bond donors (Lipinski definition) is 1. The van der Waals surface area contributed by atoms with Crippen molar-refractivity contribution in [3.63, 3.8) is 0 Å².